The summed E-state index contributed by atoms with van der Waals surface area (Å²) in [5.74, 6) is -1.01. The molecule has 0 saturated carbocycles. The summed E-state index contributed by atoms with van der Waals surface area (Å²) >= 11 is 8.38. The summed E-state index contributed by atoms with van der Waals surface area (Å²) in [5.41, 5.74) is 12.4. The molecule has 1 amide bonds. The second-order valence-corrected chi connectivity index (χ2v) is 6.42. The second kappa shape index (κ2) is 6.55. The fraction of sp³-hybridized carbons (Fsp3) is 0.154. The van der Waals surface area contributed by atoms with Gasteiger partial charge in [0.15, 0.2) is 0 Å². The summed E-state index contributed by atoms with van der Waals surface area (Å²) in [6.07, 6.45) is 1.86. The van der Waals surface area contributed by atoms with Crippen LogP contribution in [0.3, 0.4) is 0 Å². The van der Waals surface area contributed by atoms with Crippen LogP contribution in [0.2, 0.25) is 5.02 Å². The lowest BCUT2D eigenvalue weighted by molar-refractivity contribution is 0.100. The van der Waals surface area contributed by atoms with Crippen LogP contribution in [0.25, 0.3) is 0 Å². The van der Waals surface area contributed by atoms with Crippen molar-refractivity contribution in [1.29, 1.82) is 0 Å². The van der Waals surface area contributed by atoms with E-state index in [4.69, 9.17) is 23.1 Å². The van der Waals surface area contributed by atoms with Gasteiger partial charge in [-0.1, -0.05) is 17.7 Å². The highest BCUT2D eigenvalue weighted by Crippen LogP contribution is 2.41. The van der Waals surface area contributed by atoms with E-state index in [9.17, 15) is 9.18 Å². The predicted octanol–water partition coefficient (Wildman–Crippen LogP) is 3.56. The zero-order chi connectivity index (χ0) is 15.6. The zero-order valence-corrected chi connectivity index (χ0v) is 13.5. The summed E-state index contributed by atoms with van der Waals surface area (Å²) < 4.78 is 13.1. The van der Waals surface area contributed by atoms with Gasteiger partial charge in [0, 0.05) is 6.54 Å². The molecule has 0 aliphatic rings. The van der Waals surface area contributed by atoms with Crippen molar-refractivity contribution in [3.8, 4) is 0 Å². The molecule has 1 heterocycles. The number of halogens is 2. The molecule has 4 nitrogen and oxygen atoms in total. The molecule has 2 aromatic rings. The van der Waals surface area contributed by atoms with Gasteiger partial charge in [-0.15, -0.1) is 23.1 Å². The molecule has 0 aliphatic heterocycles. The topological polar surface area (TPSA) is 81.1 Å². The maximum Gasteiger partial charge on any atom is 0.261 e. The van der Waals surface area contributed by atoms with Crippen molar-refractivity contribution in [1.82, 2.24) is 0 Å². The summed E-state index contributed by atoms with van der Waals surface area (Å²) in [6, 6.07) is 4.50. The minimum absolute atomic E-state index is 0.0721. The average Bonchev–Trinajstić information content (AvgIpc) is 2.76. The molecule has 0 bridgehead atoms. The number of thioether (sulfide) groups is 1. The third kappa shape index (κ3) is 3.42. The van der Waals surface area contributed by atoms with Crippen molar-refractivity contribution in [3.05, 3.63) is 39.5 Å². The van der Waals surface area contributed by atoms with Crippen LogP contribution in [0.4, 0.5) is 15.1 Å². The van der Waals surface area contributed by atoms with Crippen LogP contribution in [0, 0.1) is 5.82 Å². The van der Waals surface area contributed by atoms with Crippen LogP contribution in [0.15, 0.2) is 23.1 Å². The van der Waals surface area contributed by atoms with E-state index in [1.165, 1.54) is 29.2 Å². The molecule has 1 aromatic carbocycles. The second-order valence-electron chi connectivity index (χ2n) is 4.17. The number of hydrogen-bond donors (Lipinski definition) is 3. The molecule has 21 heavy (non-hydrogen) atoms. The van der Waals surface area contributed by atoms with Gasteiger partial charge in [0.25, 0.3) is 5.91 Å². The van der Waals surface area contributed by atoms with Crippen molar-refractivity contribution in [2.45, 2.75) is 11.4 Å². The number of benzene rings is 1. The van der Waals surface area contributed by atoms with Gasteiger partial charge in [-0.05, 0) is 24.0 Å². The first-order valence-electron chi connectivity index (χ1n) is 5.88. The first kappa shape index (κ1) is 15.9. The van der Waals surface area contributed by atoms with E-state index < -0.39 is 11.7 Å². The van der Waals surface area contributed by atoms with Crippen LogP contribution in [-0.2, 0) is 6.54 Å². The van der Waals surface area contributed by atoms with Gasteiger partial charge >= 0.3 is 0 Å². The Hall–Kier alpha value is -1.44. The van der Waals surface area contributed by atoms with Crippen molar-refractivity contribution in [2.24, 2.45) is 5.73 Å². The molecule has 0 aliphatic carbocycles. The van der Waals surface area contributed by atoms with Gasteiger partial charge in [-0.25, -0.2) is 4.39 Å². The number of primary amides is 1. The highest BCUT2D eigenvalue weighted by Gasteiger charge is 2.18. The lowest BCUT2D eigenvalue weighted by atomic mass is 10.2. The van der Waals surface area contributed by atoms with Crippen molar-refractivity contribution in [3.63, 3.8) is 0 Å². The minimum atomic E-state index is -0.550. The Kier molecular flexibility index (Phi) is 4.97. The standard InChI is InChI=1S/C13H13ClFN3OS2/c1-20-11-9(16)10(12(17)19)21-13(11)18-5-6-2-3-8(15)7(14)4-6/h2-4,18H,5,16H2,1H3,(H2,17,19). The molecule has 0 unspecified atom stereocenters. The maximum atomic E-state index is 13.1. The van der Waals surface area contributed by atoms with Crippen LogP contribution in [0.5, 0.6) is 0 Å². The van der Waals surface area contributed by atoms with E-state index in [-0.39, 0.29) is 5.02 Å². The Balaban J connectivity index is 2.21. The average molecular weight is 346 g/mol. The lowest BCUT2D eigenvalue weighted by Crippen LogP contribution is -2.10. The molecule has 0 atom stereocenters. The molecule has 5 N–H and O–H groups in total. The SMILES string of the molecule is CSc1c(NCc2ccc(F)c(Cl)c2)sc(C(N)=O)c1N. The number of rotatable bonds is 5. The van der Waals surface area contributed by atoms with E-state index in [1.807, 2.05) is 6.26 Å². The van der Waals surface area contributed by atoms with Crippen molar-refractivity contribution < 1.29 is 9.18 Å². The monoisotopic (exact) mass is 345 g/mol. The summed E-state index contributed by atoms with van der Waals surface area (Å²) in [4.78, 5) is 12.4. The molecule has 1 aromatic heterocycles. The van der Waals surface area contributed by atoms with Crippen LogP contribution >= 0.6 is 34.7 Å². The molecule has 0 saturated heterocycles. The third-order valence-electron chi connectivity index (χ3n) is 2.76. The molecular formula is C13H13ClFN3OS2. The Morgan fingerprint density at radius 3 is 2.81 bits per heavy atom. The maximum absolute atomic E-state index is 13.1. The van der Waals surface area contributed by atoms with Crippen LogP contribution in [0.1, 0.15) is 15.2 Å². The number of anilines is 2. The molecular weight excluding hydrogens is 333 g/mol. The highest BCUT2D eigenvalue weighted by atomic mass is 35.5. The number of nitrogen functional groups attached to an aromatic ring is 1. The number of carbonyl (C=O) groups excluding carboxylic acids is 1. The van der Waals surface area contributed by atoms with Gasteiger partial charge in [-0.2, -0.15) is 0 Å². The molecule has 0 radical (unpaired) electrons. The van der Waals surface area contributed by atoms with Gasteiger partial charge in [-0.3, -0.25) is 4.79 Å². The van der Waals surface area contributed by atoms with E-state index in [0.717, 1.165) is 15.5 Å². The Bertz CT molecular complexity index is 690. The summed E-state index contributed by atoms with van der Waals surface area (Å²) in [6.45, 7) is 0.436. The molecule has 0 spiro atoms. The quantitative estimate of drug-likeness (QED) is 0.724. The number of amides is 1. The van der Waals surface area contributed by atoms with Crippen molar-refractivity contribution >= 4 is 51.3 Å². The zero-order valence-electron chi connectivity index (χ0n) is 11.1. The van der Waals surface area contributed by atoms with E-state index in [0.29, 0.717) is 17.1 Å². The van der Waals surface area contributed by atoms with Gasteiger partial charge in [0.1, 0.15) is 15.7 Å². The smallest absolute Gasteiger partial charge is 0.261 e. The van der Waals surface area contributed by atoms with E-state index >= 15 is 0 Å². The third-order valence-corrected chi connectivity index (χ3v) is 5.19. The van der Waals surface area contributed by atoms with Crippen LogP contribution in [-0.4, -0.2) is 12.2 Å². The highest BCUT2D eigenvalue weighted by molar-refractivity contribution is 7.99. The van der Waals surface area contributed by atoms with Gasteiger partial charge in [0.2, 0.25) is 0 Å². The molecule has 0 fully saturated rings. The first-order chi connectivity index (χ1) is 9.93. The molecule has 2 rings (SSSR count). The minimum Gasteiger partial charge on any atom is -0.396 e. The Morgan fingerprint density at radius 1 is 1.52 bits per heavy atom. The van der Waals surface area contributed by atoms with E-state index in [2.05, 4.69) is 5.32 Å². The summed E-state index contributed by atoms with van der Waals surface area (Å²) in [5, 5.41) is 4.00. The largest absolute Gasteiger partial charge is 0.396 e. The fourth-order valence-electron chi connectivity index (χ4n) is 1.76. The van der Waals surface area contributed by atoms with Gasteiger partial charge < -0.3 is 16.8 Å². The number of nitrogens with one attached hydrogen (secondary N) is 1. The number of hydrogen-bond acceptors (Lipinski definition) is 5. The number of carbonyl (C=O) groups is 1. The predicted molar refractivity (Wildman–Crippen MR) is 87.8 cm³/mol. The number of nitrogens with two attached hydrogens (primary N) is 2. The normalized spacial score (nSPS) is 10.6. The lowest BCUT2D eigenvalue weighted by Gasteiger charge is -2.07. The Morgan fingerprint density at radius 2 is 2.24 bits per heavy atom. The first-order valence-corrected chi connectivity index (χ1v) is 8.29. The van der Waals surface area contributed by atoms with Gasteiger partial charge in [0.05, 0.1) is 15.6 Å². The summed E-state index contributed by atoms with van der Waals surface area (Å²) in [7, 11) is 0. The molecule has 112 valence electrons. The number of thiophene rings is 1. The van der Waals surface area contributed by atoms with Crippen molar-refractivity contribution in [2.75, 3.05) is 17.3 Å². The molecule has 8 heteroatoms. The van der Waals surface area contributed by atoms with Crippen LogP contribution < -0.4 is 16.8 Å². The Labute approximate surface area is 134 Å². The van der Waals surface area contributed by atoms with E-state index in [1.54, 1.807) is 12.1 Å². The fourth-order valence-corrected chi connectivity index (χ4v) is 3.85.